The van der Waals surface area contributed by atoms with Crippen LogP contribution < -0.4 is 14.2 Å². The lowest BCUT2D eigenvalue weighted by Gasteiger charge is -2.21. The first kappa shape index (κ1) is 26.0. The molecule has 7 heteroatoms. The van der Waals surface area contributed by atoms with Crippen LogP contribution in [0.5, 0.6) is 17.2 Å². The Morgan fingerprint density at radius 1 is 1.11 bits per heavy atom. The van der Waals surface area contributed by atoms with Crippen molar-refractivity contribution in [2.24, 2.45) is 0 Å². The molecule has 0 saturated carbocycles. The SMILES string of the molecule is Cc1cc(OCC(C)(C)O)cc(C)c1-c1ccc(F)c2c1CC[C@H]2Oc1ccc2c(c1)OCC2CC(=O)O. The van der Waals surface area contributed by atoms with E-state index in [-0.39, 0.29) is 24.8 Å². The molecule has 0 spiro atoms. The molecule has 6 nitrogen and oxygen atoms in total. The molecule has 2 N–H and O–H groups in total. The number of carboxylic acids is 1. The van der Waals surface area contributed by atoms with Crippen LogP contribution in [0.3, 0.4) is 0 Å². The van der Waals surface area contributed by atoms with Crippen LogP contribution in [-0.4, -0.2) is 35.0 Å². The normalized spacial score (nSPS) is 18.1. The smallest absolute Gasteiger partial charge is 0.304 e. The Labute approximate surface area is 222 Å². The minimum absolute atomic E-state index is 0.0164. The number of carbonyl (C=O) groups is 1. The van der Waals surface area contributed by atoms with Crippen molar-refractivity contribution in [3.8, 4) is 28.4 Å². The molecule has 5 rings (SSSR count). The van der Waals surface area contributed by atoms with Crippen molar-refractivity contribution in [1.82, 2.24) is 0 Å². The monoisotopic (exact) mass is 520 g/mol. The zero-order chi connectivity index (χ0) is 27.2. The van der Waals surface area contributed by atoms with Crippen molar-refractivity contribution in [2.75, 3.05) is 13.2 Å². The van der Waals surface area contributed by atoms with Crippen molar-refractivity contribution >= 4 is 5.97 Å². The van der Waals surface area contributed by atoms with Gasteiger partial charge in [-0.1, -0.05) is 12.1 Å². The van der Waals surface area contributed by atoms with E-state index in [2.05, 4.69) is 0 Å². The number of aliphatic carboxylic acids is 1. The molecule has 3 aromatic carbocycles. The molecule has 2 atom stereocenters. The second kappa shape index (κ2) is 9.95. The van der Waals surface area contributed by atoms with E-state index in [1.54, 1.807) is 19.9 Å². The molecule has 3 aromatic rings. The molecule has 0 amide bonds. The van der Waals surface area contributed by atoms with Crippen molar-refractivity contribution in [3.05, 3.63) is 76.1 Å². The maximum Gasteiger partial charge on any atom is 0.304 e. The predicted octanol–water partition coefficient (Wildman–Crippen LogP) is 6.28. The highest BCUT2D eigenvalue weighted by Crippen LogP contribution is 2.45. The zero-order valence-electron chi connectivity index (χ0n) is 22.1. The van der Waals surface area contributed by atoms with Gasteiger partial charge in [-0.05, 0) is 92.6 Å². The van der Waals surface area contributed by atoms with Crippen molar-refractivity contribution in [2.45, 2.75) is 64.6 Å². The molecule has 0 fully saturated rings. The number of aliphatic hydroxyl groups is 1. The third kappa shape index (κ3) is 5.20. The van der Waals surface area contributed by atoms with Gasteiger partial charge in [0.15, 0.2) is 0 Å². The molecule has 0 radical (unpaired) electrons. The van der Waals surface area contributed by atoms with Crippen LogP contribution in [0, 0.1) is 19.7 Å². The standard InChI is InChI=1S/C31H33FO6/c1-17-11-21(37-16-31(3,4)35)12-18(2)29(17)23-7-9-25(32)30-24(23)8-10-26(30)38-20-5-6-22-19(13-28(33)34)15-36-27(22)14-20/h5-7,9,11-12,14,19,26,35H,8,10,13,15-16H2,1-4H3,(H,33,34)/t19?,26-/m1/s1. The molecule has 1 aliphatic heterocycles. The Balaban J connectivity index is 1.41. The highest BCUT2D eigenvalue weighted by atomic mass is 19.1. The molecular formula is C31H33FO6. The summed E-state index contributed by atoms with van der Waals surface area (Å²) in [7, 11) is 0. The van der Waals surface area contributed by atoms with Crippen molar-refractivity contribution in [3.63, 3.8) is 0 Å². The van der Waals surface area contributed by atoms with Crippen LogP contribution in [0.25, 0.3) is 11.1 Å². The number of ether oxygens (including phenoxy) is 3. The average Bonchev–Trinajstić information content (AvgIpc) is 3.43. The minimum Gasteiger partial charge on any atom is -0.492 e. The van der Waals surface area contributed by atoms with Gasteiger partial charge in [0.1, 0.15) is 35.8 Å². The van der Waals surface area contributed by atoms with Gasteiger partial charge in [0.05, 0.1) is 18.6 Å². The summed E-state index contributed by atoms with van der Waals surface area (Å²) in [5, 5.41) is 19.1. The predicted molar refractivity (Wildman–Crippen MR) is 142 cm³/mol. The van der Waals surface area contributed by atoms with Crippen LogP contribution >= 0.6 is 0 Å². The lowest BCUT2D eigenvalue weighted by atomic mass is 9.90. The number of hydrogen-bond donors (Lipinski definition) is 2. The van der Waals surface area contributed by atoms with Gasteiger partial charge in [-0.2, -0.15) is 0 Å². The molecule has 1 heterocycles. The van der Waals surface area contributed by atoms with E-state index < -0.39 is 17.7 Å². The van der Waals surface area contributed by atoms with Crippen LogP contribution in [0.4, 0.5) is 4.39 Å². The van der Waals surface area contributed by atoms with Gasteiger partial charge in [0.25, 0.3) is 0 Å². The van der Waals surface area contributed by atoms with Gasteiger partial charge >= 0.3 is 5.97 Å². The van der Waals surface area contributed by atoms with Crippen LogP contribution in [0.2, 0.25) is 0 Å². The molecule has 38 heavy (non-hydrogen) atoms. The van der Waals surface area contributed by atoms with E-state index in [1.807, 2.05) is 44.2 Å². The number of rotatable bonds is 8. The van der Waals surface area contributed by atoms with Gasteiger partial charge < -0.3 is 24.4 Å². The topological polar surface area (TPSA) is 85.2 Å². The third-order valence-electron chi connectivity index (χ3n) is 7.21. The Morgan fingerprint density at radius 2 is 1.84 bits per heavy atom. The van der Waals surface area contributed by atoms with E-state index in [9.17, 15) is 9.90 Å². The van der Waals surface area contributed by atoms with Gasteiger partial charge in [0, 0.05) is 23.1 Å². The number of hydrogen-bond acceptors (Lipinski definition) is 5. The second-order valence-electron chi connectivity index (χ2n) is 11.0. The Bertz CT molecular complexity index is 1370. The highest BCUT2D eigenvalue weighted by Gasteiger charge is 2.32. The first-order valence-electron chi connectivity index (χ1n) is 12.9. The fourth-order valence-corrected chi connectivity index (χ4v) is 5.59. The summed E-state index contributed by atoms with van der Waals surface area (Å²) in [6.07, 6.45) is 0.913. The lowest BCUT2D eigenvalue weighted by molar-refractivity contribution is -0.137. The van der Waals surface area contributed by atoms with E-state index in [4.69, 9.17) is 19.3 Å². The summed E-state index contributed by atoms with van der Waals surface area (Å²) in [6, 6.07) is 12.7. The van der Waals surface area contributed by atoms with Crippen molar-refractivity contribution < 1.29 is 33.6 Å². The van der Waals surface area contributed by atoms with Gasteiger partial charge in [-0.3, -0.25) is 4.79 Å². The Morgan fingerprint density at radius 3 is 2.53 bits per heavy atom. The van der Waals surface area contributed by atoms with E-state index in [1.165, 1.54) is 6.07 Å². The van der Waals surface area contributed by atoms with Gasteiger partial charge in [-0.25, -0.2) is 4.39 Å². The van der Waals surface area contributed by atoms with Crippen LogP contribution in [0.1, 0.15) is 66.5 Å². The largest absolute Gasteiger partial charge is 0.492 e. The van der Waals surface area contributed by atoms with Crippen LogP contribution in [0.15, 0.2) is 42.5 Å². The number of halogens is 1. The maximum absolute atomic E-state index is 15.2. The molecule has 1 aliphatic carbocycles. The summed E-state index contributed by atoms with van der Waals surface area (Å²) in [5.74, 6) is 0.563. The summed E-state index contributed by atoms with van der Waals surface area (Å²) in [4.78, 5) is 11.1. The quantitative estimate of drug-likeness (QED) is 0.364. The van der Waals surface area contributed by atoms with Gasteiger partial charge in [0.2, 0.25) is 0 Å². The second-order valence-corrected chi connectivity index (χ2v) is 11.0. The Kier molecular flexibility index (Phi) is 6.82. The molecule has 0 aromatic heterocycles. The van der Waals surface area contributed by atoms with Crippen LogP contribution in [-0.2, 0) is 11.2 Å². The van der Waals surface area contributed by atoms with Gasteiger partial charge in [-0.15, -0.1) is 0 Å². The summed E-state index contributed by atoms with van der Waals surface area (Å²) in [6.45, 7) is 7.95. The summed E-state index contributed by atoms with van der Waals surface area (Å²) in [5.41, 5.74) is 5.53. The van der Waals surface area contributed by atoms with Crippen molar-refractivity contribution in [1.29, 1.82) is 0 Å². The van der Waals surface area contributed by atoms with E-state index in [0.29, 0.717) is 42.3 Å². The maximum atomic E-state index is 15.2. The minimum atomic E-state index is -0.932. The molecule has 0 saturated heterocycles. The molecule has 2 aliphatic rings. The lowest BCUT2D eigenvalue weighted by Crippen LogP contribution is -2.27. The molecule has 0 bridgehead atoms. The fourth-order valence-electron chi connectivity index (χ4n) is 5.59. The summed E-state index contributed by atoms with van der Waals surface area (Å²) >= 11 is 0. The highest BCUT2D eigenvalue weighted by molar-refractivity contribution is 5.76. The first-order valence-corrected chi connectivity index (χ1v) is 12.9. The molecule has 1 unspecified atom stereocenters. The zero-order valence-corrected chi connectivity index (χ0v) is 22.1. The number of aryl methyl sites for hydroxylation is 2. The number of carboxylic acid groups (broad SMARTS) is 1. The van der Waals surface area contributed by atoms with E-state index >= 15 is 4.39 Å². The molecular weight excluding hydrogens is 487 g/mol. The average molecular weight is 521 g/mol. The first-order chi connectivity index (χ1) is 18.0. The number of benzene rings is 3. The third-order valence-corrected chi connectivity index (χ3v) is 7.21. The fraction of sp³-hybridized carbons (Fsp3) is 0.387. The Hall–Kier alpha value is -3.58. The molecule has 200 valence electrons. The number of fused-ring (bicyclic) bond motifs is 2. The van der Waals surface area contributed by atoms with E-state index in [0.717, 1.165) is 33.4 Å². The summed E-state index contributed by atoms with van der Waals surface area (Å²) < 4.78 is 33.0.